The summed E-state index contributed by atoms with van der Waals surface area (Å²) in [6, 6.07) is 17.5. The van der Waals surface area contributed by atoms with Crippen molar-refractivity contribution in [1.29, 1.82) is 0 Å². The number of hydrogen-bond acceptors (Lipinski definition) is 7. The summed E-state index contributed by atoms with van der Waals surface area (Å²) in [6.07, 6.45) is 0. The van der Waals surface area contributed by atoms with Crippen LogP contribution in [-0.2, 0) is 24.3 Å². The molecule has 0 fully saturated rings. The smallest absolute Gasteiger partial charge is 0.339 e. The molecule has 35 heavy (non-hydrogen) atoms. The molecule has 0 aliphatic heterocycles. The Labute approximate surface area is 207 Å². The Bertz CT molecular complexity index is 1360. The molecule has 1 amide bonds. The Balaban J connectivity index is 2.00. The minimum Gasteiger partial charge on any atom is -0.465 e. The number of nitrogens with zero attached hydrogens (tertiary/aromatic N) is 1. The summed E-state index contributed by atoms with van der Waals surface area (Å²) in [5.74, 6) is -2.24. The number of methoxy groups -OCH3 is 2. The van der Waals surface area contributed by atoms with Crippen molar-refractivity contribution < 1.29 is 32.3 Å². The largest absolute Gasteiger partial charge is 0.465 e. The van der Waals surface area contributed by atoms with Gasteiger partial charge >= 0.3 is 11.9 Å². The predicted octanol–water partition coefficient (Wildman–Crippen LogP) is 3.75. The second-order valence-electron chi connectivity index (χ2n) is 7.10. The molecular weight excluding hydrogens is 496 g/mol. The SMILES string of the molecule is COC(=O)c1ccc(C(=O)OC)c(NC(=O)CN(c2cccc(Cl)c2)S(=O)(=O)c2ccccc2)c1. The summed E-state index contributed by atoms with van der Waals surface area (Å²) < 4.78 is 37.1. The van der Waals surface area contributed by atoms with Gasteiger partial charge in [0.2, 0.25) is 5.91 Å². The molecule has 9 nitrogen and oxygen atoms in total. The average molecular weight is 517 g/mol. The van der Waals surface area contributed by atoms with E-state index in [9.17, 15) is 22.8 Å². The van der Waals surface area contributed by atoms with Gasteiger partial charge < -0.3 is 14.8 Å². The number of sulfonamides is 1. The summed E-state index contributed by atoms with van der Waals surface area (Å²) >= 11 is 6.07. The van der Waals surface area contributed by atoms with Crippen LogP contribution in [0.15, 0.2) is 77.7 Å². The second kappa shape index (κ2) is 11.0. The van der Waals surface area contributed by atoms with E-state index in [1.54, 1.807) is 30.3 Å². The number of benzene rings is 3. The lowest BCUT2D eigenvalue weighted by atomic mass is 10.1. The number of anilines is 2. The van der Waals surface area contributed by atoms with Crippen LogP contribution in [0.2, 0.25) is 5.02 Å². The number of halogens is 1. The van der Waals surface area contributed by atoms with Crippen LogP contribution in [0, 0.1) is 0 Å². The van der Waals surface area contributed by atoms with Gasteiger partial charge in [0.15, 0.2) is 0 Å². The zero-order valence-corrected chi connectivity index (χ0v) is 20.3. The van der Waals surface area contributed by atoms with Crippen LogP contribution < -0.4 is 9.62 Å². The number of carbonyl (C=O) groups excluding carboxylic acids is 3. The Morgan fingerprint density at radius 1 is 0.886 bits per heavy atom. The van der Waals surface area contributed by atoms with Crippen molar-refractivity contribution in [2.75, 3.05) is 30.4 Å². The third-order valence-corrected chi connectivity index (χ3v) is 6.86. The molecule has 3 rings (SSSR count). The minimum absolute atomic E-state index is 0.0317. The molecule has 0 saturated carbocycles. The molecule has 11 heteroatoms. The molecule has 0 radical (unpaired) electrons. The van der Waals surface area contributed by atoms with Gasteiger partial charge in [0.05, 0.1) is 41.6 Å². The summed E-state index contributed by atoms with van der Waals surface area (Å²) in [7, 11) is -1.82. The van der Waals surface area contributed by atoms with E-state index in [-0.39, 0.29) is 32.4 Å². The van der Waals surface area contributed by atoms with Crippen LogP contribution in [0.25, 0.3) is 0 Å². The van der Waals surface area contributed by atoms with E-state index in [0.717, 1.165) is 11.4 Å². The van der Waals surface area contributed by atoms with E-state index in [4.69, 9.17) is 16.3 Å². The fourth-order valence-electron chi connectivity index (χ4n) is 3.17. The lowest BCUT2D eigenvalue weighted by Gasteiger charge is -2.24. The van der Waals surface area contributed by atoms with Crippen molar-refractivity contribution in [3.63, 3.8) is 0 Å². The first kappa shape index (κ1) is 25.7. The van der Waals surface area contributed by atoms with Crippen molar-refractivity contribution in [1.82, 2.24) is 0 Å². The van der Waals surface area contributed by atoms with E-state index in [0.29, 0.717) is 0 Å². The van der Waals surface area contributed by atoms with Crippen LogP contribution in [0.5, 0.6) is 0 Å². The Kier molecular flexibility index (Phi) is 8.10. The standard InChI is InChI=1S/C24H21ClN2O7S/c1-33-23(29)16-11-12-20(24(30)34-2)21(13-16)26-22(28)15-27(18-8-6-7-17(25)14-18)35(31,32)19-9-4-3-5-10-19/h3-14H,15H2,1-2H3,(H,26,28). The van der Waals surface area contributed by atoms with Crippen molar-refractivity contribution in [3.05, 3.63) is 88.9 Å². The zero-order chi connectivity index (χ0) is 25.6. The molecular formula is C24H21ClN2O7S. The molecule has 0 bridgehead atoms. The van der Waals surface area contributed by atoms with E-state index in [2.05, 4.69) is 10.1 Å². The lowest BCUT2D eigenvalue weighted by Crippen LogP contribution is -2.38. The summed E-state index contributed by atoms with van der Waals surface area (Å²) in [5.41, 5.74) is 0.147. The topological polar surface area (TPSA) is 119 Å². The van der Waals surface area contributed by atoms with Gasteiger partial charge in [-0.15, -0.1) is 0 Å². The number of rotatable bonds is 8. The maximum Gasteiger partial charge on any atom is 0.339 e. The first-order valence-corrected chi connectivity index (χ1v) is 11.9. The highest BCUT2D eigenvalue weighted by atomic mass is 35.5. The molecule has 0 aliphatic carbocycles. The molecule has 0 spiro atoms. The highest BCUT2D eigenvalue weighted by Crippen LogP contribution is 2.27. The third-order valence-electron chi connectivity index (χ3n) is 4.83. The van der Waals surface area contributed by atoms with Crippen LogP contribution >= 0.6 is 11.6 Å². The summed E-state index contributed by atoms with van der Waals surface area (Å²) in [5, 5.41) is 2.77. The van der Waals surface area contributed by atoms with Gasteiger partial charge in [0.25, 0.3) is 10.0 Å². The van der Waals surface area contributed by atoms with Crippen molar-refractivity contribution in [2.24, 2.45) is 0 Å². The highest BCUT2D eigenvalue weighted by molar-refractivity contribution is 7.92. The molecule has 0 aliphatic rings. The van der Waals surface area contributed by atoms with E-state index < -0.39 is 34.4 Å². The van der Waals surface area contributed by atoms with Gasteiger partial charge in [-0.2, -0.15) is 0 Å². The summed E-state index contributed by atoms with van der Waals surface area (Å²) in [6.45, 7) is -0.652. The highest BCUT2D eigenvalue weighted by Gasteiger charge is 2.28. The maximum atomic E-state index is 13.4. The summed E-state index contributed by atoms with van der Waals surface area (Å²) in [4.78, 5) is 37.1. The van der Waals surface area contributed by atoms with Gasteiger partial charge in [-0.1, -0.05) is 35.9 Å². The van der Waals surface area contributed by atoms with Crippen molar-refractivity contribution in [3.8, 4) is 0 Å². The van der Waals surface area contributed by atoms with Crippen molar-refractivity contribution in [2.45, 2.75) is 4.90 Å². The first-order chi connectivity index (χ1) is 16.7. The van der Waals surface area contributed by atoms with Gasteiger partial charge in [0, 0.05) is 5.02 Å². The number of amides is 1. The van der Waals surface area contributed by atoms with Crippen LogP contribution in [-0.4, -0.2) is 47.0 Å². The maximum absolute atomic E-state index is 13.4. The van der Waals surface area contributed by atoms with Crippen LogP contribution in [0.1, 0.15) is 20.7 Å². The van der Waals surface area contributed by atoms with E-state index in [1.165, 1.54) is 49.6 Å². The Hall–Kier alpha value is -3.89. The molecule has 1 N–H and O–H groups in total. The van der Waals surface area contributed by atoms with Gasteiger partial charge in [0.1, 0.15) is 6.54 Å². The first-order valence-electron chi connectivity index (χ1n) is 10.1. The molecule has 182 valence electrons. The number of carbonyl (C=O) groups is 3. The monoisotopic (exact) mass is 516 g/mol. The zero-order valence-electron chi connectivity index (χ0n) is 18.7. The van der Waals surface area contributed by atoms with Gasteiger partial charge in [-0.25, -0.2) is 18.0 Å². The molecule has 0 saturated heterocycles. The Morgan fingerprint density at radius 2 is 1.57 bits per heavy atom. The molecule has 3 aromatic rings. The van der Waals surface area contributed by atoms with Gasteiger partial charge in [-0.05, 0) is 48.5 Å². The molecule has 0 atom stereocenters. The van der Waals surface area contributed by atoms with Crippen LogP contribution in [0.4, 0.5) is 11.4 Å². The van der Waals surface area contributed by atoms with Gasteiger partial charge in [-0.3, -0.25) is 9.10 Å². The minimum atomic E-state index is -4.17. The third kappa shape index (κ3) is 5.97. The molecule has 0 unspecified atom stereocenters. The normalized spacial score (nSPS) is 10.8. The average Bonchev–Trinajstić information content (AvgIpc) is 2.86. The lowest BCUT2D eigenvalue weighted by molar-refractivity contribution is -0.114. The van der Waals surface area contributed by atoms with E-state index in [1.807, 2.05) is 0 Å². The van der Waals surface area contributed by atoms with E-state index >= 15 is 0 Å². The quantitative estimate of drug-likeness (QED) is 0.453. The number of nitrogens with one attached hydrogen (secondary N) is 1. The fraction of sp³-hybridized carbons (Fsp3) is 0.125. The number of ether oxygens (including phenoxy) is 2. The Morgan fingerprint density at radius 3 is 2.20 bits per heavy atom. The molecule has 0 heterocycles. The second-order valence-corrected chi connectivity index (χ2v) is 9.40. The predicted molar refractivity (Wildman–Crippen MR) is 130 cm³/mol. The molecule has 3 aromatic carbocycles. The fourth-order valence-corrected chi connectivity index (χ4v) is 4.79. The number of hydrogen-bond donors (Lipinski definition) is 1. The van der Waals surface area contributed by atoms with Crippen LogP contribution in [0.3, 0.4) is 0 Å². The molecule has 0 aromatic heterocycles. The number of esters is 2. The van der Waals surface area contributed by atoms with Crippen molar-refractivity contribution >= 4 is 50.8 Å².